The van der Waals surface area contributed by atoms with Crippen molar-refractivity contribution in [3.63, 3.8) is 0 Å². The number of hydrogen-bond donors (Lipinski definition) is 1. The minimum Gasteiger partial charge on any atom is -0.462 e. The third-order valence-electron chi connectivity index (χ3n) is 2.87. The van der Waals surface area contributed by atoms with E-state index in [1.165, 1.54) is 0 Å². The van der Waals surface area contributed by atoms with Gasteiger partial charge >= 0.3 is 11.9 Å². The standard InChI is InChI=1S/C18H22O6/c1-2-12-22-16(15-7-4-3-5-8-15)14-24-18(21)10-9-17(20)23-13-6-11-19/h2-5,7-10,16,19H,1,6,11-14H2/b10-9+. The van der Waals surface area contributed by atoms with Crippen molar-refractivity contribution >= 4 is 11.9 Å². The SMILES string of the molecule is C=CCOC(COC(=O)/C=C/C(=O)OCCCO)c1ccccc1. The van der Waals surface area contributed by atoms with Crippen LogP contribution in [0.5, 0.6) is 0 Å². The molecule has 1 aromatic rings. The molecule has 0 spiro atoms. The highest BCUT2D eigenvalue weighted by atomic mass is 16.6. The Kier molecular flexibility index (Phi) is 9.84. The van der Waals surface area contributed by atoms with Crippen LogP contribution in [-0.2, 0) is 23.8 Å². The molecule has 0 aliphatic rings. The van der Waals surface area contributed by atoms with E-state index in [4.69, 9.17) is 19.3 Å². The molecule has 1 atom stereocenters. The molecule has 0 aliphatic heterocycles. The van der Waals surface area contributed by atoms with Crippen molar-refractivity contribution < 1.29 is 28.9 Å². The molecule has 6 nitrogen and oxygen atoms in total. The summed E-state index contributed by atoms with van der Waals surface area (Å²) >= 11 is 0. The van der Waals surface area contributed by atoms with Crippen LogP contribution < -0.4 is 0 Å². The maximum Gasteiger partial charge on any atom is 0.331 e. The minimum atomic E-state index is -0.669. The van der Waals surface area contributed by atoms with Gasteiger partial charge in [-0.1, -0.05) is 36.4 Å². The van der Waals surface area contributed by atoms with Crippen LogP contribution in [0, 0.1) is 0 Å². The molecular formula is C18H22O6. The van der Waals surface area contributed by atoms with Crippen LogP contribution in [0.1, 0.15) is 18.1 Å². The lowest BCUT2D eigenvalue weighted by molar-refractivity contribution is -0.143. The van der Waals surface area contributed by atoms with Gasteiger partial charge < -0.3 is 19.3 Å². The maximum absolute atomic E-state index is 11.7. The minimum absolute atomic E-state index is 0.0145. The molecule has 1 rings (SSSR count). The molecule has 0 heterocycles. The van der Waals surface area contributed by atoms with Crippen molar-refractivity contribution in [2.24, 2.45) is 0 Å². The van der Waals surface area contributed by atoms with Gasteiger partial charge in [0.05, 0.1) is 13.2 Å². The van der Waals surface area contributed by atoms with Crippen LogP contribution in [0.2, 0.25) is 0 Å². The molecule has 24 heavy (non-hydrogen) atoms. The van der Waals surface area contributed by atoms with E-state index in [1.807, 2.05) is 30.3 Å². The van der Waals surface area contributed by atoms with Crippen LogP contribution in [0.15, 0.2) is 55.1 Å². The molecule has 6 heteroatoms. The molecule has 1 N–H and O–H groups in total. The number of rotatable bonds is 11. The van der Waals surface area contributed by atoms with Crippen molar-refractivity contribution in [2.75, 3.05) is 26.4 Å². The van der Waals surface area contributed by atoms with E-state index < -0.39 is 18.0 Å². The van der Waals surface area contributed by atoms with Gasteiger partial charge in [-0.25, -0.2) is 9.59 Å². The summed E-state index contributed by atoms with van der Waals surface area (Å²) in [5, 5.41) is 8.57. The molecule has 0 bridgehead atoms. The Morgan fingerprint density at radius 3 is 2.42 bits per heavy atom. The number of aliphatic hydroxyl groups excluding tert-OH is 1. The lowest BCUT2D eigenvalue weighted by Gasteiger charge is -2.17. The van der Waals surface area contributed by atoms with E-state index >= 15 is 0 Å². The summed E-state index contributed by atoms with van der Waals surface area (Å²) in [7, 11) is 0. The lowest BCUT2D eigenvalue weighted by Crippen LogP contribution is -2.15. The first-order valence-electron chi connectivity index (χ1n) is 7.57. The van der Waals surface area contributed by atoms with E-state index in [9.17, 15) is 9.59 Å². The number of aliphatic hydroxyl groups is 1. The molecule has 0 saturated carbocycles. The number of hydrogen-bond acceptors (Lipinski definition) is 6. The third-order valence-corrected chi connectivity index (χ3v) is 2.87. The topological polar surface area (TPSA) is 82.1 Å². The zero-order valence-electron chi connectivity index (χ0n) is 13.4. The zero-order chi connectivity index (χ0) is 17.6. The highest BCUT2D eigenvalue weighted by molar-refractivity contribution is 5.91. The first-order chi connectivity index (χ1) is 11.7. The number of ether oxygens (including phenoxy) is 3. The normalized spacial score (nSPS) is 11.9. The van der Waals surface area contributed by atoms with Gasteiger partial charge in [0, 0.05) is 25.2 Å². The van der Waals surface area contributed by atoms with Gasteiger partial charge in [-0.2, -0.15) is 0 Å². The number of esters is 2. The highest BCUT2D eigenvalue weighted by Crippen LogP contribution is 2.17. The Labute approximate surface area is 141 Å². The molecule has 0 aliphatic carbocycles. The molecule has 0 amide bonds. The summed E-state index contributed by atoms with van der Waals surface area (Å²) in [6, 6.07) is 9.35. The van der Waals surface area contributed by atoms with Gasteiger partial charge in [-0.3, -0.25) is 0 Å². The Balaban J connectivity index is 2.46. The Hall–Kier alpha value is -2.44. The fraction of sp³-hybridized carbons (Fsp3) is 0.333. The largest absolute Gasteiger partial charge is 0.462 e. The van der Waals surface area contributed by atoms with E-state index in [0.717, 1.165) is 17.7 Å². The highest BCUT2D eigenvalue weighted by Gasteiger charge is 2.13. The third kappa shape index (κ3) is 8.26. The number of carbonyl (C=O) groups excluding carboxylic acids is 2. The van der Waals surface area contributed by atoms with Gasteiger partial charge in [-0.05, 0) is 5.56 Å². The molecule has 1 unspecified atom stereocenters. The van der Waals surface area contributed by atoms with Crippen molar-refractivity contribution in [2.45, 2.75) is 12.5 Å². The smallest absolute Gasteiger partial charge is 0.331 e. The summed E-state index contributed by atoms with van der Waals surface area (Å²) in [5.41, 5.74) is 0.875. The molecule has 0 radical (unpaired) electrons. The Morgan fingerprint density at radius 1 is 1.12 bits per heavy atom. The Bertz CT molecular complexity index is 538. The monoisotopic (exact) mass is 334 g/mol. The molecule has 0 saturated heterocycles. The van der Waals surface area contributed by atoms with Crippen LogP contribution in [0.3, 0.4) is 0 Å². The van der Waals surface area contributed by atoms with E-state index in [-0.39, 0.29) is 19.8 Å². The fourth-order valence-corrected chi connectivity index (χ4v) is 1.72. The molecular weight excluding hydrogens is 312 g/mol. The summed E-state index contributed by atoms with van der Waals surface area (Å²) < 4.78 is 15.4. The van der Waals surface area contributed by atoms with Crippen molar-refractivity contribution in [1.82, 2.24) is 0 Å². The lowest BCUT2D eigenvalue weighted by atomic mass is 10.1. The summed E-state index contributed by atoms with van der Waals surface area (Å²) in [4.78, 5) is 22.9. The summed E-state index contributed by atoms with van der Waals surface area (Å²) in [6.45, 7) is 3.96. The van der Waals surface area contributed by atoms with Gasteiger partial charge in [0.1, 0.15) is 12.7 Å². The quantitative estimate of drug-likeness (QED) is 0.288. The predicted octanol–water partition coefficient (Wildman–Crippen LogP) is 1.96. The van der Waals surface area contributed by atoms with Gasteiger partial charge in [-0.15, -0.1) is 6.58 Å². The van der Waals surface area contributed by atoms with E-state index in [0.29, 0.717) is 13.0 Å². The predicted molar refractivity (Wildman–Crippen MR) is 88.1 cm³/mol. The van der Waals surface area contributed by atoms with Crippen molar-refractivity contribution in [3.8, 4) is 0 Å². The average Bonchev–Trinajstić information content (AvgIpc) is 2.61. The first-order valence-corrected chi connectivity index (χ1v) is 7.57. The number of benzene rings is 1. The second-order valence-electron chi connectivity index (χ2n) is 4.73. The zero-order valence-corrected chi connectivity index (χ0v) is 13.4. The fourth-order valence-electron chi connectivity index (χ4n) is 1.72. The first kappa shape index (κ1) is 19.6. The second kappa shape index (κ2) is 12.0. The van der Waals surface area contributed by atoms with Crippen LogP contribution >= 0.6 is 0 Å². The van der Waals surface area contributed by atoms with Crippen LogP contribution in [0.25, 0.3) is 0 Å². The maximum atomic E-state index is 11.7. The molecule has 0 aromatic heterocycles. The van der Waals surface area contributed by atoms with Gasteiger partial charge in [0.2, 0.25) is 0 Å². The van der Waals surface area contributed by atoms with E-state index in [2.05, 4.69) is 6.58 Å². The second-order valence-corrected chi connectivity index (χ2v) is 4.73. The summed E-state index contributed by atoms with van der Waals surface area (Å²) in [6.07, 6.45) is 3.53. The van der Waals surface area contributed by atoms with Crippen molar-refractivity contribution in [3.05, 3.63) is 60.7 Å². The van der Waals surface area contributed by atoms with Crippen LogP contribution in [-0.4, -0.2) is 43.5 Å². The van der Waals surface area contributed by atoms with Crippen LogP contribution in [0.4, 0.5) is 0 Å². The molecule has 130 valence electrons. The van der Waals surface area contributed by atoms with E-state index in [1.54, 1.807) is 6.08 Å². The number of carbonyl (C=O) groups is 2. The Morgan fingerprint density at radius 2 is 1.79 bits per heavy atom. The van der Waals surface area contributed by atoms with Crippen molar-refractivity contribution in [1.29, 1.82) is 0 Å². The average molecular weight is 334 g/mol. The van der Waals surface area contributed by atoms with Gasteiger partial charge in [0.15, 0.2) is 0 Å². The molecule has 1 aromatic carbocycles. The van der Waals surface area contributed by atoms with Gasteiger partial charge in [0.25, 0.3) is 0 Å². The molecule has 0 fully saturated rings. The summed E-state index contributed by atoms with van der Waals surface area (Å²) in [5.74, 6) is -1.33.